The van der Waals surface area contributed by atoms with E-state index in [-0.39, 0.29) is 22.6 Å². The molecule has 1 saturated carbocycles. The molecule has 0 bridgehead atoms. The van der Waals surface area contributed by atoms with Crippen molar-refractivity contribution in [2.24, 2.45) is 17.8 Å². The van der Waals surface area contributed by atoms with Gasteiger partial charge in [0.1, 0.15) is 25.6 Å². The number of nitrogens with one attached hydrogen (secondary N) is 1. The Balaban J connectivity index is 1.62. The van der Waals surface area contributed by atoms with Crippen molar-refractivity contribution in [3.8, 4) is 12.3 Å². The van der Waals surface area contributed by atoms with Crippen LogP contribution in [0.5, 0.6) is 0 Å². The predicted molar refractivity (Wildman–Crippen MR) is 170 cm³/mol. The second-order valence-corrected chi connectivity index (χ2v) is 19.0. The predicted octanol–water partition coefficient (Wildman–Crippen LogP) is 3.09. The fraction of sp³-hybridized carbons (Fsp3) is 0.739. The van der Waals surface area contributed by atoms with Crippen LogP contribution in [0.25, 0.3) is 0 Å². The average molecular weight is 734 g/mol. The van der Waals surface area contributed by atoms with E-state index in [1.165, 1.54) is 23.9 Å². The van der Waals surface area contributed by atoms with Crippen molar-refractivity contribution in [1.29, 1.82) is 0 Å². The average Bonchev–Trinajstić information content (AvgIpc) is 3.46. The topological polar surface area (TPSA) is 233 Å². The minimum absolute atomic E-state index is 0.0533. The first-order chi connectivity index (χ1) is 20.7. The lowest BCUT2D eigenvalue weighted by Crippen LogP contribution is -2.33. The molecule has 1 aromatic rings. The molecular formula is C23H38BN2O14P3S2. The number of phosphoric acid groups is 3. The van der Waals surface area contributed by atoms with E-state index in [1.54, 1.807) is 10.8 Å². The smallest absolute Gasteiger partial charge is 0.364 e. The zero-order valence-corrected chi connectivity index (χ0v) is 29.4. The van der Waals surface area contributed by atoms with Gasteiger partial charge in [-0.2, -0.15) is 8.62 Å². The summed E-state index contributed by atoms with van der Waals surface area (Å²) in [5.41, 5.74) is -1.12. The molecule has 0 spiro atoms. The van der Waals surface area contributed by atoms with Crippen LogP contribution >= 0.6 is 45.1 Å². The van der Waals surface area contributed by atoms with Crippen LogP contribution in [0.15, 0.2) is 15.8 Å². The van der Waals surface area contributed by atoms with Gasteiger partial charge in [-0.15, -0.1) is 12.3 Å². The van der Waals surface area contributed by atoms with Gasteiger partial charge < -0.3 is 29.0 Å². The molecule has 1 aliphatic carbocycles. The maximum Gasteiger partial charge on any atom is 0.490 e. The van der Waals surface area contributed by atoms with E-state index in [0.29, 0.717) is 17.8 Å². The van der Waals surface area contributed by atoms with Gasteiger partial charge in [0, 0.05) is 24.1 Å². The highest BCUT2D eigenvalue weighted by Gasteiger charge is 2.44. The number of aryl methyl sites for hydroxylation is 1. The van der Waals surface area contributed by atoms with Crippen molar-refractivity contribution in [3.63, 3.8) is 0 Å². The van der Waals surface area contributed by atoms with Crippen molar-refractivity contribution < 1.29 is 55.9 Å². The van der Waals surface area contributed by atoms with E-state index < -0.39 is 59.8 Å². The minimum atomic E-state index is -5.72. The number of rotatable bonds is 16. The summed E-state index contributed by atoms with van der Waals surface area (Å²) in [7, 11) is -12.7. The van der Waals surface area contributed by atoms with E-state index in [1.807, 2.05) is 0 Å². The molecule has 2 heterocycles. The third kappa shape index (κ3) is 12.4. The van der Waals surface area contributed by atoms with Crippen molar-refractivity contribution in [2.75, 3.05) is 12.5 Å². The number of aromatic nitrogens is 2. The Morgan fingerprint density at radius 2 is 1.84 bits per heavy atom. The number of terminal acetylenes is 1. The summed E-state index contributed by atoms with van der Waals surface area (Å²) in [5, 5.41) is 0. The van der Waals surface area contributed by atoms with Gasteiger partial charge in [0.05, 0.1) is 12.7 Å². The fourth-order valence-corrected chi connectivity index (χ4v) is 10.6. The molecule has 5 N–H and O–H groups in total. The van der Waals surface area contributed by atoms with Crippen LogP contribution in [0, 0.1) is 37.0 Å². The van der Waals surface area contributed by atoms with Gasteiger partial charge in [0.2, 0.25) is 0 Å². The summed E-state index contributed by atoms with van der Waals surface area (Å²) in [5.74, 6) is 4.49. The summed E-state index contributed by atoms with van der Waals surface area (Å²) < 4.78 is 60.0. The highest BCUT2D eigenvalue weighted by molar-refractivity contribution is 8.77. The molecule has 2 fully saturated rings. The molecule has 8 atom stereocenters. The minimum Gasteiger partial charge on any atom is -0.364 e. The normalized spacial score (nSPS) is 28.3. The molecule has 22 heteroatoms. The number of H-pyrrole nitrogens is 1. The fourth-order valence-electron chi connectivity index (χ4n) is 5.27. The van der Waals surface area contributed by atoms with E-state index in [2.05, 4.69) is 40.3 Å². The number of nitrogens with zero attached hydrogens (tertiary/aromatic N) is 1. The van der Waals surface area contributed by atoms with Crippen molar-refractivity contribution in [1.82, 2.24) is 9.55 Å². The molecule has 0 amide bonds. The summed E-state index contributed by atoms with van der Waals surface area (Å²) in [6, 6.07) is 0. The molecule has 45 heavy (non-hydrogen) atoms. The van der Waals surface area contributed by atoms with Gasteiger partial charge in [-0.3, -0.25) is 18.9 Å². The van der Waals surface area contributed by atoms with Crippen LogP contribution in [0.4, 0.5) is 0 Å². The van der Waals surface area contributed by atoms with Gasteiger partial charge in [-0.05, 0) is 36.2 Å². The Morgan fingerprint density at radius 1 is 1.16 bits per heavy atom. The Bertz CT molecular complexity index is 1500. The third-order valence-electron chi connectivity index (χ3n) is 7.33. The zero-order chi connectivity index (χ0) is 33.8. The van der Waals surface area contributed by atoms with Gasteiger partial charge in [-0.25, -0.2) is 18.5 Å². The number of hydrogen-bond acceptors (Lipinski definition) is 12. The lowest BCUT2D eigenvalue weighted by Gasteiger charge is -2.25. The summed E-state index contributed by atoms with van der Waals surface area (Å²) in [4.78, 5) is 63.2. The van der Waals surface area contributed by atoms with Crippen molar-refractivity contribution in [3.05, 3.63) is 32.6 Å². The van der Waals surface area contributed by atoms with Gasteiger partial charge >= 0.3 is 29.2 Å². The molecule has 0 radical (unpaired) electrons. The van der Waals surface area contributed by atoms with E-state index in [0.717, 1.165) is 31.0 Å². The Hall–Kier alpha value is -0.665. The van der Waals surface area contributed by atoms with E-state index in [4.69, 9.17) is 30.2 Å². The van der Waals surface area contributed by atoms with Gasteiger partial charge in [0.15, 0.2) is 0 Å². The first kappa shape index (κ1) is 38.8. The molecule has 1 aromatic heterocycles. The SMILES string of the molecule is C#CC1CC(C)CC1CBC(C)(C)SSCO[C@@H]1C[C@H](n2cc(C)c(=O)[nH]c2=O)OC1COP(=O)(O)OP(=O)(O)OP(=O)(O)O. The van der Waals surface area contributed by atoms with Crippen LogP contribution in [0.3, 0.4) is 0 Å². The number of phosphoric ester groups is 1. The lowest BCUT2D eigenvalue weighted by molar-refractivity contribution is -0.0543. The first-order valence-corrected chi connectivity index (χ1v) is 20.7. The monoisotopic (exact) mass is 734 g/mol. The largest absolute Gasteiger partial charge is 0.490 e. The molecule has 1 saturated heterocycles. The third-order valence-corrected chi connectivity index (χ3v) is 14.1. The molecule has 1 aliphatic heterocycles. The second-order valence-electron chi connectivity index (χ2n) is 11.7. The maximum absolute atomic E-state index is 12.5. The van der Waals surface area contributed by atoms with Gasteiger partial charge in [-0.1, -0.05) is 48.7 Å². The van der Waals surface area contributed by atoms with Gasteiger partial charge in [0.25, 0.3) is 5.56 Å². The molecular weight excluding hydrogens is 696 g/mol. The number of hydrogen-bond donors (Lipinski definition) is 5. The molecule has 3 rings (SSSR count). The molecule has 16 nitrogen and oxygen atoms in total. The van der Waals surface area contributed by atoms with Crippen LogP contribution in [0.2, 0.25) is 6.32 Å². The standard InChI is InChI=1S/C23H38BN2O14P3S2/c1-6-16-7-14(2)8-17(16)10-24-23(4,5)45-44-13-36-18-9-20(26-11-15(3)21(27)25-22(26)28)38-19(18)12-37-42(32,33)40-43(34,35)39-41(29,30)31/h1,11,14,16-20,24H,7-10,12-13H2,2-5H3,(H,32,33)(H,34,35)(H,25,27,28)(H2,29,30,31)/t14?,16?,17?,18-,19?,20-/m1/s1. The number of aromatic amines is 1. The van der Waals surface area contributed by atoms with E-state index in [9.17, 15) is 33.1 Å². The van der Waals surface area contributed by atoms with E-state index >= 15 is 0 Å². The van der Waals surface area contributed by atoms with Crippen molar-refractivity contribution in [2.45, 2.75) is 76.4 Å². The van der Waals surface area contributed by atoms with Crippen LogP contribution in [0.1, 0.15) is 51.8 Å². The molecule has 2 aliphatic rings. The summed E-state index contributed by atoms with van der Waals surface area (Å²) in [6.45, 7) is 7.19. The summed E-state index contributed by atoms with van der Waals surface area (Å²) >= 11 is 0. The summed E-state index contributed by atoms with van der Waals surface area (Å²) in [6.07, 6.45) is 7.32. The molecule has 0 aromatic carbocycles. The van der Waals surface area contributed by atoms with Crippen LogP contribution < -0.4 is 11.2 Å². The quantitative estimate of drug-likeness (QED) is 0.0410. The highest BCUT2D eigenvalue weighted by atomic mass is 33.1. The second kappa shape index (κ2) is 15.7. The highest BCUT2D eigenvalue weighted by Crippen LogP contribution is 2.66. The first-order valence-electron chi connectivity index (χ1n) is 13.8. The Kier molecular flexibility index (Phi) is 13.5. The molecule has 6 unspecified atom stereocenters. The Morgan fingerprint density at radius 3 is 2.49 bits per heavy atom. The van der Waals surface area contributed by atoms with Crippen LogP contribution in [-0.2, 0) is 36.3 Å². The zero-order valence-electron chi connectivity index (χ0n) is 25.0. The molecule has 254 valence electrons. The Labute approximate surface area is 268 Å². The van der Waals surface area contributed by atoms with Crippen molar-refractivity contribution >= 4 is 52.3 Å². The maximum atomic E-state index is 12.5. The lowest BCUT2D eigenvalue weighted by atomic mass is 9.58. The van der Waals surface area contributed by atoms with Crippen LogP contribution in [-0.4, -0.2) is 65.8 Å². The number of ether oxygens (including phenoxy) is 2.